The van der Waals surface area contributed by atoms with Gasteiger partial charge < -0.3 is 10.1 Å². The Kier molecular flexibility index (Phi) is 6.59. The van der Waals surface area contributed by atoms with Crippen molar-refractivity contribution in [1.82, 2.24) is 9.62 Å². The van der Waals surface area contributed by atoms with Crippen molar-refractivity contribution in [3.63, 3.8) is 0 Å². The average molecular weight is 417 g/mol. The molecule has 1 aliphatic heterocycles. The van der Waals surface area contributed by atoms with Crippen LogP contribution in [-0.2, 0) is 14.8 Å². The van der Waals surface area contributed by atoms with Crippen LogP contribution in [0.15, 0.2) is 53.4 Å². The van der Waals surface area contributed by atoms with E-state index in [9.17, 15) is 13.2 Å². The third-order valence-electron chi connectivity index (χ3n) is 5.42. The van der Waals surface area contributed by atoms with Crippen molar-refractivity contribution in [2.45, 2.75) is 37.6 Å². The number of rotatable bonds is 6. The lowest BCUT2D eigenvalue weighted by Gasteiger charge is -2.31. The molecule has 1 aliphatic rings. The molecular weight excluding hydrogens is 388 g/mol. The van der Waals surface area contributed by atoms with Gasteiger partial charge in [0.2, 0.25) is 15.9 Å². The maximum Gasteiger partial charge on any atom is 0.243 e. The highest BCUT2D eigenvalue weighted by Gasteiger charge is 2.32. The van der Waals surface area contributed by atoms with Crippen molar-refractivity contribution >= 4 is 15.9 Å². The van der Waals surface area contributed by atoms with E-state index >= 15 is 0 Å². The summed E-state index contributed by atoms with van der Waals surface area (Å²) in [6, 6.07) is 14.1. The number of methoxy groups -OCH3 is 1. The molecule has 3 rings (SSSR count). The highest BCUT2D eigenvalue weighted by atomic mass is 32.2. The zero-order valence-corrected chi connectivity index (χ0v) is 17.9. The van der Waals surface area contributed by atoms with Gasteiger partial charge >= 0.3 is 0 Å². The van der Waals surface area contributed by atoms with Crippen LogP contribution < -0.4 is 10.1 Å². The molecule has 1 N–H and O–H groups in total. The summed E-state index contributed by atoms with van der Waals surface area (Å²) < 4.78 is 32.4. The lowest BCUT2D eigenvalue weighted by Crippen LogP contribution is -2.43. The lowest BCUT2D eigenvalue weighted by molar-refractivity contribution is -0.126. The molecule has 1 unspecified atom stereocenters. The maximum absolute atomic E-state index is 12.8. The zero-order valence-electron chi connectivity index (χ0n) is 17.1. The number of piperidine rings is 1. The summed E-state index contributed by atoms with van der Waals surface area (Å²) in [6.07, 6.45) is 1.02. The van der Waals surface area contributed by atoms with Gasteiger partial charge in [-0.1, -0.05) is 35.9 Å². The number of aryl methyl sites for hydroxylation is 1. The second kappa shape index (κ2) is 8.97. The molecule has 1 heterocycles. The highest BCUT2D eigenvalue weighted by molar-refractivity contribution is 7.89. The van der Waals surface area contributed by atoms with Crippen LogP contribution in [0, 0.1) is 12.8 Å². The minimum absolute atomic E-state index is 0.0437. The van der Waals surface area contributed by atoms with Crippen LogP contribution in [0.1, 0.15) is 36.9 Å². The fraction of sp³-hybridized carbons (Fsp3) is 0.409. The molecule has 6 nitrogen and oxygen atoms in total. The minimum Gasteiger partial charge on any atom is -0.496 e. The molecule has 2 aromatic rings. The Morgan fingerprint density at radius 2 is 1.79 bits per heavy atom. The number of nitrogens with zero attached hydrogens (tertiary/aromatic N) is 1. The molecule has 0 radical (unpaired) electrons. The summed E-state index contributed by atoms with van der Waals surface area (Å²) in [6.45, 7) is 4.62. The van der Waals surface area contributed by atoms with Crippen molar-refractivity contribution in [3.05, 3.63) is 59.7 Å². The number of carbonyl (C=O) groups excluding carboxylic acids is 1. The smallest absolute Gasteiger partial charge is 0.243 e. The van der Waals surface area contributed by atoms with Gasteiger partial charge in [0, 0.05) is 24.6 Å². The predicted octanol–water partition coefficient (Wildman–Crippen LogP) is 3.28. The number of hydrogen-bond acceptors (Lipinski definition) is 4. The van der Waals surface area contributed by atoms with E-state index in [1.807, 2.05) is 32.0 Å². The van der Waals surface area contributed by atoms with E-state index in [1.165, 1.54) is 4.31 Å². The minimum atomic E-state index is -3.51. The number of amides is 1. The van der Waals surface area contributed by atoms with E-state index in [2.05, 4.69) is 5.32 Å². The number of ether oxygens (including phenoxy) is 1. The first-order chi connectivity index (χ1) is 13.8. The van der Waals surface area contributed by atoms with E-state index in [0.717, 1.165) is 16.9 Å². The molecule has 0 aromatic heterocycles. The van der Waals surface area contributed by atoms with E-state index in [1.54, 1.807) is 37.4 Å². The highest BCUT2D eigenvalue weighted by Crippen LogP contribution is 2.28. The third-order valence-corrected chi connectivity index (χ3v) is 7.33. The van der Waals surface area contributed by atoms with Crippen molar-refractivity contribution in [2.75, 3.05) is 20.2 Å². The maximum atomic E-state index is 12.8. The van der Waals surface area contributed by atoms with Crippen molar-refractivity contribution < 1.29 is 17.9 Å². The first kappa shape index (κ1) is 21.3. The molecule has 7 heteroatoms. The van der Waals surface area contributed by atoms with Gasteiger partial charge in [-0.05, 0) is 44.9 Å². The molecule has 0 saturated carbocycles. The van der Waals surface area contributed by atoms with E-state index in [-0.39, 0.29) is 17.9 Å². The fourth-order valence-corrected chi connectivity index (χ4v) is 5.19. The van der Waals surface area contributed by atoms with Gasteiger partial charge in [0.1, 0.15) is 5.75 Å². The summed E-state index contributed by atoms with van der Waals surface area (Å²) in [7, 11) is -1.89. The van der Waals surface area contributed by atoms with Crippen LogP contribution in [0.4, 0.5) is 0 Å². The number of benzene rings is 2. The molecule has 156 valence electrons. The van der Waals surface area contributed by atoms with E-state index < -0.39 is 10.0 Å². The van der Waals surface area contributed by atoms with Gasteiger partial charge in [0.05, 0.1) is 18.0 Å². The molecule has 0 bridgehead atoms. The van der Waals surface area contributed by atoms with Crippen LogP contribution >= 0.6 is 0 Å². The Balaban J connectivity index is 1.61. The van der Waals surface area contributed by atoms with Crippen LogP contribution in [0.2, 0.25) is 0 Å². The van der Waals surface area contributed by atoms with Gasteiger partial charge in [-0.3, -0.25) is 4.79 Å². The van der Waals surface area contributed by atoms with Crippen molar-refractivity contribution in [1.29, 1.82) is 0 Å². The number of nitrogens with one attached hydrogen (secondary N) is 1. The molecule has 1 atom stereocenters. The monoisotopic (exact) mass is 416 g/mol. The van der Waals surface area contributed by atoms with E-state index in [4.69, 9.17) is 4.74 Å². The Bertz CT molecular complexity index is 952. The second-order valence-electron chi connectivity index (χ2n) is 7.47. The van der Waals surface area contributed by atoms with Gasteiger partial charge in [0.15, 0.2) is 0 Å². The Morgan fingerprint density at radius 1 is 1.14 bits per heavy atom. The molecule has 1 fully saturated rings. The summed E-state index contributed by atoms with van der Waals surface area (Å²) in [5, 5.41) is 3.07. The Labute approximate surface area is 172 Å². The topological polar surface area (TPSA) is 75.7 Å². The van der Waals surface area contributed by atoms with Crippen molar-refractivity contribution in [3.8, 4) is 5.75 Å². The molecule has 1 amide bonds. The van der Waals surface area contributed by atoms with Crippen molar-refractivity contribution in [2.24, 2.45) is 5.92 Å². The molecule has 0 aliphatic carbocycles. The van der Waals surface area contributed by atoms with Crippen LogP contribution in [0.25, 0.3) is 0 Å². The lowest BCUT2D eigenvalue weighted by atomic mass is 9.96. The Morgan fingerprint density at radius 3 is 2.41 bits per heavy atom. The molecule has 2 aromatic carbocycles. The number of sulfonamides is 1. The van der Waals surface area contributed by atoms with Crippen LogP contribution in [0.5, 0.6) is 5.75 Å². The molecule has 1 saturated heterocycles. The fourth-order valence-electron chi connectivity index (χ4n) is 3.70. The third kappa shape index (κ3) is 4.79. The van der Waals surface area contributed by atoms with Gasteiger partial charge in [-0.2, -0.15) is 4.31 Å². The van der Waals surface area contributed by atoms with Crippen LogP contribution in [-0.4, -0.2) is 38.8 Å². The molecule has 0 spiro atoms. The molecular formula is C22H28N2O4S. The number of carbonyl (C=O) groups is 1. The first-order valence-electron chi connectivity index (χ1n) is 9.83. The summed E-state index contributed by atoms with van der Waals surface area (Å²) in [5.74, 6) is 0.500. The SMILES string of the molecule is COc1ccc(C)cc1C(C)NC(=O)C1CCN(S(=O)(=O)c2ccccc2)CC1. The largest absolute Gasteiger partial charge is 0.496 e. The standard InChI is InChI=1S/C22H28N2O4S/c1-16-9-10-21(28-3)20(15-16)17(2)23-22(25)18-11-13-24(14-12-18)29(26,27)19-7-5-4-6-8-19/h4-10,15,17-18H,11-14H2,1-3H3,(H,23,25). The van der Waals surface area contributed by atoms with E-state index in [0.29, 0.717) is 30.8 Å². The predicted molar refractivity (Wildman–Crippen MR) is 112 cm³/mol. The van der Waals surface area contributed by atoms with Gasteiger partial charge in [0.25, 0.3) is 0 Å². The summed E-state index contributed by atoms with van der Waals surface area (Å²) in [4.78, 5) is 13.1. The summed E-state index contributed by atoms with van der Waals surface area (Å²) >= 11 is 0. The second-order valence-corrected chi connectivity index (χ2v) is 9.41. The zero-order chi connectivity index (χ0) is 21.0. The van der Waals surface area contributed by atoms with Gasteiger partial charge in [-0.15, -0.1) is 0 Å². The van der Waals surface area contributed by atoms with Crippen LogP contribution in [0.3, 0.4) is 0 Å². The molecule has 29 heavy (non-hydrogen) atoms. The van der Waals surface area contributed by atoms with Gasteiger partial charge in [-0.25, -0.2) is 8.42 Å². The Hall–Kier alpha value is -2.38. The number of hydrogen-bond donors (Lipinski definition) is 1. The quantitative estimate of drug-likeness (QED) is 0.784. The first-order valence-corrected chi connectivity index (χ1v) is 11.3. The average Bonchev–Trinajstić information content (AvgIpc) is 2.74. The normalized spacial score (nSPS) is 16.9. The summed E-state index contributed by atoms with van der Waals surface area (Å²) in [5.41, 5.74) is 2.03.